The Morgan fingerprint density at radius 2 is 1.72 bits per heavy atom. The Hall–Kier alpha value is -2.68. The van der Waals surface area contributed by atoms with Gasteiger partial charge < -0.3 is 0 Å². The van der Waals surface area contributed by atoms with Crippen molar-refractivity contribution in [3.63, 3.8) is 0 Å². The van der Waals surface area contributed by atoms with Gasteiger partial charge in [-0.25, -0.2) is 0 Å². The van der Waals surface area contributed by atoms with Crippen LogP contribution in [-0.4, -0.2) is 15.6 Å². The van der Waals surface area contributed by atoms with Gasteiger partial charge in [0.15, 0.2) is 0 Å². The second kappa shape index (κ2) is 6.98. The zero-order chi connectivity index (χ0) is 20.0. The minimum absolute atomic E-state index is 0.0221. The molecule has 0 saturated heterocycles. The number of carbonyl (C=O) groups is 1. The van der Waals surface area contributed by atoms with Gasteiger partial charge >= 0.3 is 0 Å². The number of Topliss-reactive ketones (excluding diaryl/α,β-unsaturated/α-hetero) is 1. The first-order valence-corrected chi connectivity index (χ1v) is 10.8. The molecule has 148 valence electrons. The van der Waals surface area contributed by atoms with Crippen LogP contribution in [0.4, 0.5) is 0 Å². The van der Waals surface area contributed by atoms with Gasteiger partial charge in [-0.05, 0) is 37.2 Å². The monoisotopic (exact) mass is 384 g/mol. The third kappa shape index (κ3) is 2.95. The number of rotatable bonds is 3. The maximum absolute atomic E-state index is 13.0. The molecule has 1 fully saturated rings. The Kier molecular flexibility index (Phi) is 4.42. The van der Waals surface area contributed by atoms with E-state index in [1.807, 2.05) is 6.07 Å². The number of carbonyl (C=O) groups excluding carboxylic acids is 1. The molecule has 1 saturated carbocycles. The Morgan fingerprint density at radius 3 is 2.45 bits per heavy atom. The highest BCUT2D eigenvalue weighted by Crippen LogP contribution is 2.52. The van der Waals surface area contributed by atoms with E-state index in [2.05, 4.69) is 73.3 Å². The molecule has 2 aliphatic carbocycles. The quantitative estimate of drug-likeness (QED) is 0.627. The first-order valence-electron chi connectivity index (χ1n) is 10.8. The van der Waals surface area contributed by atoms with Crippen molar-refractivity contribution in [1.29, 1.82) is 0 Å². The second-order valence-electron chi connectivity index (χ2n) is 8.99. The standard InChI is InChI=1S/C26H28N2O/c1-26-16-15-23(29)21(17-18-9-5-3-6-10-18)22(26)14-13-20-24(28(2)27-25(20)26)19-11-7-4-8-12-19/h3-12,21-22H,13-17H2,1-2H3/t21-,22-,26-/m0/s1. The molecule has 2 aliphatic rings. The highest BCUT2D eigenvalue weighted by atomic mass is 16.1. The van der Waals surface area contributed by atoms with Gasteiger partial charge in [0.05, 0.1) is 11.4 Å². The molecule has 3 aromatic rings. The molecule has 29 heavy (non-hydrogen) atoms. The van der Waals surface area contributed by atoms with Crippen LogP contribution in [0.2, 0.25) is 0 Å². The van der Waals surface area contributed by atoms with Gasteiger partial charge in [-0.1, -0.05) is 67.6 Å². The molecule has 1 aromatic heterocycles. The minimum Gasteiger partial charge on any atom is -0.299 e. The van der Waals surface area contributed by atoms with E-state index in [9.17, 15) is 4.79 Å². The van der Waals surface area contributed by atoms with Crippen LogP contribution >= 0.6 is 0 Å². The van der Waals surface area contributed by atoms with Crippen molar-refractivity contribution in [2.75, 3.05) is 0 Å². The average molecular weight is 385 g/mol. The fourth-order valence-corrected chi connectivity index (χ4v) is 5.88. The Labute approximate surface area is 172 Å². The maximum atomic E-state index is 13.0. The number of benzene rings is 2. The zero-order valence-corrected chi connectivity index (χ0v) is 17.3. The number of aryl methyl sites for hydroxylation is 1. The predicted octanol–water partition coefficient (Wildman–Crippen LogP) is 5.13. The van der Waals surface area contributed by atoms with E-state index in [1.54, 1.807) is 0 Å². The third-order valence-corrected chi connectivity index (χ3v) is 7.35. The Morgan fingerprint density at radius 1 is 1.03 bits per heavy atom. The molecule has 3 atom stereocenters. The number of fused-ring (bicyclic) bond motifs is 3. The second-order valence-corrected chi connectivity index (χ2v) is 8.99. The molecule has 5 rings (SSSR count). The lowest BCUT2D eigenvalue weighted by molar-refractivity contribution is -0.129. The number of ketones is 1. The number of hydrogen-bond donors (Lipinski definition) is 0. The molecule has 0 spiro atoms. The molecule has 0 aliphatic heterocycles. The number of hydrogen-bond acceptors (Lipinski definition) is 2. The summed E-state index contributed by atoms with van der Waals surface area (Å²) in [7, 11) is 2.06. The molecule has 2 aromatic carbocycles. The van der Waals surface area contributed by atoms with Crippen molar-refractivity contribution >= 4 is 5.78 Å². The van der Waals surface area contributed by atoms with E-state index >= 15 is 0 Å². The topological polar surface area (TPSA) is 34.9 Å². The van der Waals surface area contributed by atoms with Gasteiger partial charge in [0.2, 0.25) is 0 Å². The zero-order valence-electron chi connectivity index (χ0n) is 17.3. The van der Waals surface area contributed by atoms with Crippen molar-refractivity contribution in [3.8, 4) is 11.3 Å². The summed E-state index contributed by atoms with van der Waals surface area (Å²) in [5, 5.41) is 5.06. The lowest BCUT2D eigenvalue weighted by Gasteiger charge is -2.47. The van der Waals surface area contributed by atoms with Crippen LogP contribution in [0, 0.1) is 11.8 Å². The van der Waals surface area contributed by atoms with Gasteiger partial charge in [0.25, 0.3) is 0 Å². The minimum atomic E-state index is -0.0221. The van der Waals surface area contributed by atoms with Gasteiger partial charge in [-0.15, -0.1) is 0 Å². The van der Waals surface area contributed by atoms with E-state index < -0.39 is 0 Å². The summed E-state index contributed by atoms with van der Waals surface area (Å²) in [5.74, 6) is 0.917. The van der Waals surface area contributed by atoms with Crippen LogP contribution in [0.25, 0.3) is 11.3 Å². The van der Waals surface area contributed by atoms with E-state index in [0.29, 0.717) is 18.1 Å². The van der Waals surface area contributed by atoms with Crippen molar-refractivity contribution in [2.24, 2.45) is 18.9 Å². The van der Waals surface area contributed by atoms with Gasteiger partial charge in [-0.3, -0.25) is 9.48 Å². The highest BCUT2D eigenvalue weighted by Gasteiger charge is 2.51. The predicted molar refractivity (Wildman–Crippen MR) is 116 cm³/mol. The lowest BCUT2D eigenvalue weighted by atomic mass is 9.55. The Balaban J connectivity index is 1.55. The molecule has 0 N–H and O–H groups in total. The highest BCUT2D eigenvalue weighted by molar-refractivity contribution is 5.83. The number of aromatic nitrogens is 2. The summed E-state index contributed by atoms with van der Waals surface area (Å²) < 4.78 is 2.07. The van der Waals surface area contributed by atoms with Crippen molar-refractivity contribution in [1.82, 2.24) is 9.78 Å². The summed E-state index contributed by atoms with van der Waals surface area (Å²) in [6, 6.07) is 21.1. The summed E-state index contributed by atoms with van der Waals surface area (Å²) in [6.07, 6.45) is 4.51. The van der Waals surface area contributed by atoms with Gasteiger partial charge in [0, 0.05) is 35.9 Å². The SMILES string of the molecule is Cn1nc2c(c1-c1ccccc1)CC[C@H]1[C@H](Cc3ccccc3)C(=O)CC[C@]21C. The molecule has 0 unspecified atom stereocenters. The van der Waals surface area contributed by atoms with E-state index in [4.69, 9.17) is 5.10 Å². The number of nitrogens with zero attached hydrogens (tertiary/aromatic N) is 2. The molecular formula is C26H28N2O. The third-order valence-electron chi connectivity index (χ3n) is 7.35. The fourth-order valence-electron chi connectivity index (χ4n) is 5.88. The van der Waals surface area contributed by atoms with Gasteiger partial charge in [-0.2, -0.15) is 5.10 Å². The molecule has 0 amide bonds. The van der Waals surface area contributed by atoms with Crippen molar-refractivity contribution in [3.05, 3.63) is 77.5 Å². The van der Waals surface area contributed by atoms with E-state index in [0.717, 1.165) is 25.7 Å². The lowest BCUT2D eigenvalue weighted by Crippen LogP contribution is -2.48. The average Bonchev–Trinajstić information content (AvgIpc) is 3.09. The van der Waals surface area contributed by atoms with Crippen molar-refractivity contribution < 1.29 is 4.79 Å². The van der Waals surface area contributed by atoms with Crippen LogP contribution in [0.3, 0.4) is 0 Å². The fraction of sp³-hybridized carbons (Fsp3) is 0.385. The summed E-state index contributed by atoms with van der Waals surface area (Å²) >= 11 is 0. The summed E-state index contributed by atoms with van der Waals surface area (Å²) in [5.41, 5.74) is 6.36. The van der Waals surface area contributed by atoms with Crippen LogP contribution in [0.5, 0.6) is 0 Å². The smallest absolute Gasteiger partial charge is 0.136 e. The first-order chi connectivity index (χ1) is 14.1. The van der Waals surface area contributed by atoms with Gasteiger partial charge in [0.1, 0.15) is 5.78 Å². The molecule has 0 radical (unpaired) electrons. The van der Waals surface area contributed by atoms with Crippen LogP contribution < -0.4 is 0 Å². The Bertz CT molecular complexity index is 1040. The summed E-state index contributed by atoms with van der Waals surface area (Å²) in [4.78, 5) is 13.0. The summed E-state index contributed by atoms with van der Waals surface area (Å²) in [6.45, 7) is 2.36. The van der Waals surface area contributed by atoms with E-state index in [1.165, 1.54) is 28.1 Å². The van der Waals surface area contributed by atoms with Crippen LogP contribution in [-0.2, 0) is 30.1 Å². The normalized spacial score (nSPS) is 26.1. The van der Waals surface area contributed by atoms with Crippen LogP contribution in [0.15, 0.2) is 60.7 Å². The van der Waals surface area contributed by atoms with Crippen LogP contribution in [0.1, 0.15) is 43.0 Å². The molecule has 3 nitrogen and oxygen atoms in total. The molecular weight excluding hydrogens is 356 g/mol. The molecule has 0 bridgehead atoms. The van der Waals surface area contributed by atoms with Crippen molar-refractivity contribution in [2.45, 2.75) is 44.4 Å². The van der Waals surface area contributed by atoms with E-state index in [-0.39, 0.29) is 11.3 Å². The molecule has 1 heterocycles. The maximum Gasteiger partial charge on any atom is 0.136 e. The molecule has 3 heteroatoms. The largest absolute Gasteiger partial charge is 0.299 e. The first kappa shape index (κ1) is 18.4.